The van der Waals surface area contributed by atoms with Crippen molar-refractivity contribution in [3.63, 3.8) is 0 Å². The molecule has 106 valence electrons. The number of ether oxygens (including phenoxy) is 1. The fourth-order valence-corrected chi connectivity index (χ4v) is 2.68. The number of aryl methyl sites for hydroxylation is 1. The maximum atomic E-state index is 14.1. The highest BCUT2D eigenvalue weighted by atomic mass is 19.2. The van der Waals surface area contributed by atoms with Gasteiger partial charge in [0.15, 0.2) is 11.6 Å². The third kappa shape index (κ3) is 3.12. The molecule has 1 heterocycles. The Morgan fingerprint density at radius 3 is 2.79 bits per heavy atom. The second-order valence-electron chi connectivity index (χ2n) is 5.11. The van der Waals surface area contributed by atoms with Gasteiger partial charge in [-0.05, 0) is 31.9 Å². The summed E-state index contributed by atoms with van der Waals surface area (Å²) < 4.78 is 33.3. The summed E-state index contributed by atoms with van der Waals surface area (Å²) in [4.78, 5) is 0. The molecule has 0 aliphatic carbocycles. The van der Waals surface area contributed by atoms with Crippen molar-refractivity contribution >= 4 is 0 Å². The molecule has 1 aromatic rings. The van der Waals surface area contributed by atoms with Gasteiger partial charge in [0.25, 0.3) is 0 Å². The van der Waals surface area contributed by atoms with Gasteiger partial charge in [0.2, 0.25) is 0 Å². The zero-order valence-corrected chi connectivity index (χ0v) is 11.5. The number of hydrogen-bond acceptors (Lipinski definition) is 2. The van der Waals surface area contributed by atoms with E-state index >= 15 is 0 Å². The quantitative estimate of drug-likeness (QED) is 0.905. The molecular formula is C15H21F2NO. The van der Waals surface area contributed by atoms with Gasteiger partial charge in [0.1, 0.15) is 0 Å². The minimum atomic E-state index is -0.739. The zero-order valence-electron chi connectivity index (χ0n) is 11.5. The Balaban J connectivity index is 2.30. The van der Waals surface area contributed by atoms with Crippen LogP contribution in [0.2, 0.25) is 0 Å². The molecule has 0 spiro atoms. The Morgan fingerprint density at radius 2 is 2.16 bits per heavy atom. The fraction of sp³-hybridized carbons (Fsp3) is 0.600. The first kappa shape index (κ1) is 14.4. The van der Waals surface area contributed by atoms with Crippen molar-refractivity contribution < 1.29 is 13.5 Å². The molecular weight excluding hydrogens is 248 g/mol. The van der Waals surface area contributed by atoms with E-state index in [1.807, 2.05) is 6.92 Å². The van der Waals surface area contributed by atoms with Crippen molar-refractivity contribution in [2.75, 3.05) is 19.8 Å². The fourth-order valence-electron chi connectivity index (χ4n) is 2.68. The summed E-state index contributed by atoms with van der Waals surface area (Å²) in [5.74, 6) is -1.26. The molecule has 0 saturated carbocycles. The molecule has 2 unspecified atom stereocenters. The SMILES string of the molecule is CCNC(c1ccc(C)c(F)c1F)C1CCCOC1. The average Bonchev–Trinajstić information content (AvgIpc) is 2.44. The van der Waals surface area contributed by atoms with E-state index in [-0.39, 0.29) is 12.0 Å². The van der Waals surface area contributed by atoms with E-state index in [4.69, 9.17) is 4.74 Å². The van der Waals surface area contributed by atoms with Crippen LogP contribution >= 0.6 is 0 Å². The van der Waals surface area contributed by atoms with Gasteiger partial charge in [0, 0.05) is 24.1 Å². The van der Waals surface area contributed by atoms with Crippen molar-refractivity contribution in [3.05, 3.63) is 34.9 Å². The van der Waals surface area contributed by atoms with E-state index < -0.39 is 11.6 Å². The van der Waals surface area contributed by atoms with Gasteiger partial charge in [-0.1, -0.05) is 19.1 Å². The third-order valence-electron chi connectivity index (χ3n) is 3.73. The largest absolute Gasteiger partial charge is 0.381 e. The minimum Gasteiger partial charge on any atom is -0.381 e. The number of halogens is 2. The molecule has 1 aromatic carbocycles. The maximum Gasteiger partial charge on any atom is 0.163 e. The number of rotatable bonds is 4. The smallest absolute Gasteiger partial charge is 0.163 e. The number of hydrogen-bond donors (Lipinski definition) is 1. The number of benzene rings is 1. The van der Waals surface area contributed by atoms with Crippen LogP contribution < -0.4 is 5.32 Å². The van der Waals surface area contributed by atoms with Crippen LogP contribution in [-0.4, -0.2) is 19.8 Å². The highest BCUT2D eigenvalue weighted by Crippen LogP contribution is 2.31. The molecule has 0 bridgehead atoms. The summed E-state index contributed by atoms with van der Waals surface area (Å²) in [6.45, 7) is 5.64. The van der Waals surface area contributed by atoms with Crippen LogP contribution in [0.1, 0.15) is 36.9 Å². The lowest BCUT2D eigenvalue weighted by molar-refractivity contribution is 0.0386. The molecule has 0 amide bonds. The van der Waals surface area contributed by atoms with Crippen molar-refractivity contribution in [2.24, 2.45) is 5.92 Å². The molecule has 1 fully saturated rings. The Bertz CT molecular complexity index is 430. The lowest BCUT2D eigenvalue weighted by atomic mass is 9.88. The molecule has 0 aromatic heterocycles. The second-order valence-corrected chi connectivity index (χ2v) is 5.11. The van der Waals surface area contributed by atoms with Crippen LogP contribution in [0, 0.1) is 24.5 Å². The summed E-state index contributed by atoms with van der Waals surface area (Å²) in [6, 6.07) is 3.15. The molecule has 2 rings (SSSR count). The minimum absolute atomic E-state index is 0.180. The van der Waals surface area contributed by atoms with Crippen LogP contribution in [0.25, 0.3) is 0 Å². The van der Waals surface area contributed by atoms with Crippen molar-refractivity contribution in [1.29, 1.82) is 0 Å². The van der Waals surface area contributed by atoms with Gasteiger partial charge in [-0.15, -0.1) is 0 Å². The maximum absolute atomic E-state index is 14.1. The standard InChI is InChI=1S/C15H21F2NO/c1-3-18-15(11-5-4-8-19-9-11)12-7-6-10(2)13(16)14(12)17/h6-7,11,15,18H,3-5,8-9H2,1-2H3. The predicted molar refractivity (Wildman–Crippen MR) is 71.1 cm³/mol. The first-order valence-electron chi connectivity index (χ1n) is 6.90. The summed E-state index contributed by atoms with van der Waals surface area (Å²) >= 11 is 0. The molecule has 2 atom stereocenters. The Morgan fingerprint density at radius 1 is 1.37 bits per heavy atom. The van der Waals surface area contributed by atoms with E-state index in [2.05, 4.69) is 5.32 Å². The van der Waals surface area contributed by atoms with E-state index in [0.29, 0.717) is 17.7 Å². The van der Waals surface area contributed by atoms with Crippen LogP contribution in [-0.2, 0) is 4.74 Å². The van der Waals surface area contributed by atoms with E-state index in [1.54, 1.807) is 19.1 Å². The predicted octanol–water partition coefficient (Wildman–Crippen LogP) is 3.35. The summed E-state index contributed by atoms with van der Waals surface area (Å²) in [6.07, 6.45) is 1.95. The van der Waals surface area contributed by atoms with Crippen LogP contribution in [0.3, 0.4) is 0 Å². The molecule has 1 aliphatic heterocycles. The Kier molecular flexibility index (Phi) is 4.88. The molecule has 19 heavy (non-hydrogen) atoms. The summed E-state index contributed by atoms with van der Waals surface area (Å²) in [5, 5.41) is 3.27. The lowest BCUT2D eigenvalue weighted by Crippen LogP contribution is -2.34. The average molecular weight is 269 g/mol. The monoisotopic (exact) mass is 269 g/mol. The molecule has 4 heteroatoms. The van der Waals surface area contributed by atoms with E-state index in [1.165, 1.54) is 0 Å². The van der Waals surface area contributed by atoms with Crippen LogP contribution in [0.15, 0.2) is 12.1 Å². The van der Waals surface area contributed by atoms with Gasteiger partial charge in [-0.25, -0.2) is 8.78 Å². The van der Waals surface area contributed by atoms with Crippen LogP contribution in [0.5, 0.6) is 0 Å². The van der Waals surface area contributed by atoms with Gasteiger partial charge in [0.05, 0.1) is 6.61 Å². The molecule has 0 radical (unpaired) electrons. The Hall–Kier alpha value is -1.00. The first-order chi connectivity index (χ1) is 9.15. The first-order valence-corrected chi connectivity index (χ1v) is 6.90. The highest BCUT2D eigenvalue weighted by Gasteiger charge is 2.28. The van der Waals surface area contributed by atoms with Gasteiger partial charge >= 0.3 is 0 Å². The van der Waals surface area contributed by atoms with Crippen molar-refractivity contribution in [3.8, 4) is 0 Å². The molecule has 1 aliphatic rings. The second kappa shape index (κ2) is 6.44. The van der Waals surface area contributed by atoms with Gasteiger partial charge in [-0.3, -0.25) is 0 Å². The summed E-state index contributed by atoms with van der Waals surface area (Å²) in [5.41, 5.74) is 0.761. The van der Waals surface area contributed by atoms with Crippen LogP contribution in [0.4, 0.5) is 8.78 Å². The zero-order chi connectivity index (χ0) is 13.8. The number of nitrogens with one attached hydrogen (secondary N) is 1. The summed E-state index contributed by atoms with van der Waals surface area (Å²) in [7, 11) is 0. The normalized spacial score (nSPS) is 21.4. The van der Waals surface area contributed by atoms with Crippen molar-refractivity contribution in [1.82, 2.24) is 5.32 Å². The highest BCUT2D eigenvalue weighted by molar-refractivity contribution is 5.28. The Labute approximate surface area is 113 Å². The molecule has 1 saturated heterocycles. The third-order valence-corrected chi connectivity index (χ3v) is 3.73. The van der Waals surface area contributed by atoms with Gasteiger partial charge < -0.3 is 10.1 Å². The molecule has 2 nitrogen and oxygen atoms in total. The van der Waals surface area contributed by atoms with E-state index in [9.17, 15) is 8.78 Å². The van der Waals surface area contributed by atoms with Crippen molar-refractivity contribution in [2.45, 2.75) is 32.7 Å². The molecule has 1 N–H and O–H groups in total. The topological polar surface area (TPSA) is 21.3 Å². The lowest BCUT2D eigenvalue weighted by Gasteiger charge is -2.31. The van der Waals surface area contributed by atoms with Gasteiger partial charge in [-0.2, -0.15) is 0 Å². The van der Waals surface area contributed by atoms with E-state index in [0.717, 1.165) is 26.0 Å².